The van der Waals surface area contributed by atoms with Crippen LogP contribution >= 0.6 is 0 Å². The van der Waals surface area contributed by atoms with Crippen LogP contribution in [0.3, 0.4) is 0 Å². The monoisotopic (exact) mass is 441 g/mol. The summed E-state index contributed by atoms with van der Waals surface area (Å²) in [5.41, 5.74) is 9.08. The van der Waals surface area contributed by atoms with E-state index in [1.165, 1.54) is 39.9 Å². The van der Waals surface area contributed by atoms with Gasteiger partial charge < -0.3 is 9.47 Å². The van der Waals surface area contributed by atoms with E-state index in [0.717, 1.165) is 16.9 Å². The van der Waals surface area contributed by atoms with E-state index in [4.69, 9.17) is 4.98 Å². The van der Waals surface area contributed by atoms with Crippen molar-refractivity contribution in [3.05, 3.63) is 94.1 Å². The van der Waals surface area contributed by atoms with Gasteiger partial charge in [-0.25, -0.2) is 9.37 Å². The lowest BCUT2D eigenvalue weighted by Gasteiger charge is -2.20. The van der Waals surface area contributed by atoms with Crippen LogP contribution in [0.15, 0.2) is 54.6 Å². The first-order valence-corrected chi connectivity index (χ1v) is 11.4. The van der Waals surface area contributed by atoms with Crippen LogP contribution in [0, 0.1) is 33.5 Å². The summed E-state index contributed by atoms with van der Waals surface area (Å²) in [5.74, 6) is 0.529. The van der Waals surface area contributed by atoms with Crippen LogP contribution in [0.4, 0.5) is 10.1 Å². The predicted molar refractivity (Wildman–Crippen MR) is 130 cm³/mol. The van der Waals surface area contributed by atoms with Crippen molar-refractivity contribution in [3.8, 4) is 0 Å². The molecule has 0 bridgehead atoms. The van der Waals surface area contributed by atoms with Crippen molar-refractivity contribution in [2.75, 3.05) is 11.4 Å². The smallest absolute Gasteiger partial charge is 0.227 e. The minimum Gasteiger partial charge on any atom is -0.323 e. The first-order chi connectivity index (χ1) is 15.8. The number of carbonyl (C=O) groups excluding carboxylic acids is 1. The number of hydrogen-bond acceptors (Lipinski definition) is 2. The molecule has 1 saturated heterocycles. The molecule has 1 aliphatic heterocycles. The van der Waals surface area contributed by atoms with Crippen LogP contribution in [0.1, 0.15) is 46.0 Å². The Bertz CT molecular complexity index is 1360. The number of halogens is 1. The van der Waals surface area contributed by atoms with Crippen molar-refractivity contribution in [3.63, 3.8) is 0 Å². The van der Waals surface area contributed by atoms with Gasteiger partial charge in [0.25, 0.3) is 0 Å². The molecule has 2 heterocycles. The number of amides is 1. The average Bonchev–Trinajstić information content (AvgIpc) is 3.36. The van der Waals surface area contributed by atoms with Crippen LogP contribution in [-0.2, 0) is 11.3 Å². The standard InChI is InChI=1S/C28H28FN3O/c1-17-12-18(2)20(4)24(19(17)3)16-32-26-11-6-5-10-25(26)30-28(32)21-13-27(33)31(15-21)23-9-7-8-22(29)14-23/h5-12,14,21H,13,15-16H2,1-4H3. The van der Waals surface area contributed by atoms with Gasteiger partial charge >= 0.3 is 0 Å². The minimum absolute atomic E-state index is 0.00275. The summed E-state index contributed by atoms with van der Waals surface area (Å²) < 4.78 is 16.1. The third-order valence-corrected chi connectivity index (χ3v) is 7.13. The summed E-state index contributed by atoms with van der Waals surface area (Å²) in [7, 11) is 0. The van der Waals surface area contributed by atoms with Crippen molar-refractivity contribution in [2.24, 2.45) is 0 Å². The molecule has 33 heavy (non-hydrogen) atoms. The van der Waals surface area contributed by atoms with Crippen LogP contribution in [0.25, 0.3) is 11.0 Å². The number of benzene rings is 3. The summed E-state index contributed by atoms with van der Waals surface area (Å²) in [6.45, 7) is 9.88. The van der Waals surface area contributed by atoms with Crippen molar-refractivity contribution in [1.82, 2.24) is 9.55 Å². The highest BCUT2D eigenvalue weighted by atomic mass is 19.1. The van der Waals surface area contributed by atoms with Crippen molar-refractivity contribution in [2.45, 2.75) is 46.6 Å². The molecule has 0 spiro atoms. The molecule has 168 valence electrons. The fourth-order valence-corrected chi connectivity index (χ4v) is 5.04. The maximum Gasteiger partial charge on any atom is 0.227 e. The second-order valence-corrected chi connectivity index (χ2v) is 9.17. The number of hydrogen-bond donors (Lipinski definition) is 0. The molecule has 1 aliphatic rings. The molecule has 0 N–H and O–H groups in total. The van der Waals surface area contributed by atoms with Gasteiger partial charge in [-0.2, -0.15) is 0 Å². The van der Waals surface area contributed by atoms with E-state index >= 15 is 0 Å². The summed E-state index contributed by atoms with van der Waals surface area (Å²) in [5, 5.41) is 0. The molecule has 5 heteroatoms. The van der Waals surface area contributed by atoms with Gasteiger partial charge in [-0.05, 0) is 85.8 Å². The van der Waals surface area contributed by atoms with E-state index in [9.17, 15) is 9.18 Å². The molecule has 0 radical (unpaired) electrons. The lowest BCUT2D eigenvalue weighted by Crippen LogP contribution is -2.24. The van der Waals surface area contributed by atoms with E-state index in [0.29, 0.717) is 25.2 Å². The zero-order valence-corrected chi connectivity index (χ0v) is 19.5. The molecule has 5 rings (SSSR count). The quantitative estimate of drug-likeness (QED) is 0.391. The molecule has 4 nitrogen and oxygen atoms in total. The first kappa shape index (κ1) is 21.4. The lowest BCUT2D eigenvalue weighted by molar-refractivity contribution is -0.117. The number of imidazole rings is 1. The van der Waals surface area contributed by atoms with Gasteiger partial charge in [0.2, 0.25) is 5.91 Å². The summed E-state index contributed by atoms with van der Waals surface area (Å²) in [4.78, 5) is 19.6. The van der Waals surface area contributed by atoms with E-state index in [1.54, 1.807) is 17.0 Å². The number of fused-ring (bicyclic) bond motifs is 1. The van der Waals surface area contributed by atoms with E-state index in [2.05, 4.69) is 44.4 Å². The van der Waals surface area contributed by atoms with Gasteiger partial charge in [0.1, 0.15) is 11.6 Å². The minimum atomic E-state index is -0.336. The zero-order valence-electron chi connectivity index (χ0n) is 19.5. The third kappa shape index (κ3) is 3.71. The SMILES string of the molecule is Cc1cc(C)c(C)c(Cn2c(C3CC(=O)N(c4cccc(F)c4)C3)nc3ccccc32)c1C. The Labute approximate surface area is 193 Å². The molecule has 3 aromatic carbocycles. The number of para-hydroxylation sites is 2. The maximum absolute atomic E-state index is 13.8. The number of rotatable bonds is 4. The Balaban J connectivity index is 1.58. The Hall–Kier alpha value is -3.47. The second kappa shape index (κ2) is 8.14. The van der Waals surface area contributed by atoms with Gasteiger partial charge in [-0.1, -0.05) is 24.3 Å². The number of aromatic nitrogens is 2. The molecule has 1 unspecified atom stereocenters. The molecular weight excluding hydrogens is 413 g/mol. The summed E-state index contributed by atoms with van der Waals surface area (Å²) in [6.07, 6.45) is 0.366. The second-order valence-electron chi connectivity index (χ2n) is 9.17. The lowest BCUT2D eigenvalue weighted by atomic mass is 9.94. The van der Waals surface area contributed by atoms with Gasteiger partial charge in [-0.15, -0.1) is 0 Å². The molecular formula is C28H28FN3O. The number of nitrogens with zero attached hydrogens (tertiary/aromatic N) is 3. The topological polar surface area (TPSA) is 38.1 Å². The molecule has 1 aromatic heterocycles. The highest BCUT2D eigenvalue weighted by molar-refractivity contribution is 5.96. The van der Waals surface area contributed by atoms with E-state index < -0.39 is 0 Å². The number of aryl methyl sites for hydroxylation is 2. The Morgan fingerprint density at radius 1 is 0.970 bits per heavy atom. The van der Waals surface area contributed by atoms with Crippen LogP contribution < -0.4 is 4.90 Å². The van der Waals surface area contributed by atoms with Crippen LogP contribution in [0.5, 0.6) is 0 Å². The highest BCUT2D eigenvalue weighted by Gasteiger charge is 2.35. The number of carbonyl (C=O) groups is 1. The third-order valence-electron chi connectivity index (χ3n) is 7.13. The zero-order chi connectivity index (χ0) is 23.3. The van der Waals surface area contributed by atoms with Crippen LogP contribution in [-0.4, -0.2) is 22.0 Å². The molecule has 4 aromatic rings. The molecule has 1 atom stereocenters. The van der Waals surface area contributed by atoms with Gasteiger partial charge in [0.15, 0.2) is 0 Å². The van der Waals surface area contributed by atoms with Crippen LogP contribution in [0.2, 0.25) is 0 Å². The average molecular weight is 442 g/mol. The predicted octanol–water partition coefficient (Wildman–Crippen LogP) is 5.98. The number of anilines is 1. The molecule has 0 saturated carbocycles. The maximum atomic E-state index is 13.8. The highest BCUT2D eigenvalue weighted by Crippen LogP contribution is 2.34. The van der Waals surface area contributed by atoms with Crippen molar-refractivity contribution < 1.29 is 9.18 Å². The Kier molecular flexibility index (Phi) is 5.28. The van der Waals surface area contributed by atoms with E-state index in [-0.39, 0.29) is 17.6 Å². The molecule has 0 aliphatic carbocycles. The van der Waals surface area contributed by atoms with Gasteiger partial charge in [0.05, 0.1) is 11.0 Å². The Morgan fingerprint density at radius 3 is 2.42 bits per heavy atom. The fourth-order valence-electron chi connectivity index (χ4n) is 5.04. The first-order valence-electron chi connectivity index (χ1n) is 11.4. The summed E-state index contributed by atoms with van der Waals surface area (Å²) in [6, 6.07) is 16.6. The normalized spacial score (nSPS) is 16.2. The van der Waals surface area contributed by atoms with Crippen molar-refractivity contribution in [1.29, 1.82) is 0 Å². The Morgan fingerprint density at radius 2 is 1.70 bits per heavy atom. The summed E-state index contributed by atoms with van der Waals surface area (Å²) >= 11 is 0. The van der Waals surface area contributed by atoms with Gasteiger partial charge in [-0.3, -0.25) is 4.79 Å². The molecule has 1 amide bonds. The van der Waals surface area contributed by atoms with E-state index in [1.807, 2.05) is 18.2 Å². The molecule has 1 fully saturated rings. The van der Waals surface area contributed by atoms with Crippen molar-refractivity contribution >= 4 is 22.6 Å². The largest absolute Gasteiger partial charge is 0.323 e. The fraction of sp³-hybridized carbons (Fsp3) is 0.286. The van der Waals surface area contributed by atoms with Gasteiger partial charge in [0, 0.05) is 31.1 Å².